The van der Waals surface area contributed by atoms with E-state index in [-0.39, 0.29) is 6.10 Å². The number of hydrogen-bond acceptors (Lipinski definition) is 2. The van der Waals surface area contributed by atoms with Crippen LogP contribution in [0.15, 0.2) is 103 Å². The van der Waals surface area contributed by atoms with Crippen molar-refractivity contribution in [1.29, 1.82) is 0 Å². The Morgan fingerprint density at radius 2 is 1.29 bits per heavy atom. The average molecular weight is 503 g/mol. The molecule has 0 radical (unpaired) electrons. The van der Waals surface area contributed by atoms with Gasteiger partial charge in [-0.1, -0.05) is 0 Å². The Labute approximate surface area is 213 Å². The van der Waals surface area contributed by atoms with Crippen LogP contribution in [0.3, 0.4) is 0 Å². The third-order valence-corrected chi connectivity index (χ3v) is 13.6. The first-order chi connectivity index (χ1) is 17.0. The SMILES string of the molecule is COc1ccc(-c2ccccc2P(C)(Cl)(c2ccccc2)c2ccccc2)cc1OC1CCCC1. The molecule has 1 saturated carbocycles. The summed E-state index contributed by atoms with van der Waals surface area (Å²) < 4.78 is 12.1. The summed E-state index contributed by atoms with van der Waals surface area (Å²) in [5.74, 6) is -1.72. The minimum absolute atomic E-state index is 0.251. The molecule has 0 amide bonds. The molecule has 1 aliphatic carbocycles. The third kappa shape index (κ3) is 4.35. The number of benzene rings is 4. The van der Waals surface area contributed by atoms with Gasteiger partial charge in [0.15, 0.2) is 0 Å². The Bertz CT molecular complexity index is 1250. The van der Waals surface area contributed by atoms with Crippen LogP contribution in [0.2, 0.25) is 0 Å². The van der Waals surface area contributed by atoms with Gasteiger partial charge in [-0.3, -0.25) is 0 Å². The maximum absolute atomic E-state index is 8.04. The Morgan fingerprint density at radius 1 is 0.714 bits per heavy atom. The van der Waals surface area contributed by atoms with Gasteiger partial charge in [0.05, 0.1) is 0 Å². The van der Waals surface area contributed by atoms with E-state index in [1.807, 2.05) is 18.2 Å². The molecule has 4 aromatic carbocycles. The molecule has 0 saturated heterocycles. The summed E-state index contributed by atoms with van der Waals surface area (Å²) in [7, 11) is 1.70. The van der Waals surface area contributed by atoms with Gasteiger partial charge in [0.25, 0.3) is 0 Å². The van der Waals surface area contributed by atoms with Gasteiger partial charge in [-0.15, -0.1) is 0 Å². The van der Waals surface area contributed by atoms with Gasteiger partial charge in [0, 0.05) is 0 Å². The molecular weight excluding hydrogens is 471 g/mol. The van der Waals surface area contributed by atoms with Gasteiger partial charge in [-0.25, -0.2) is 0 Å². The first-order valence-corrected chi connectivity index (χ1v) is 15.9. The van der Waals surface area contributed by atoms with Crippen LogP contribution in [0.25, 0.3) is 11.1 Å². The van der Waals surface area contributed by atoms with Crippen molar-refractivity contribution < 1.29 is 9.47 Å². The quantitative estimate of drug-likeness (QED) is 0.247. The van der Waals surface area contributed by atoms with Crippen LogP contribution in [-0.2, 0) is 0 Å². The van der Waals surface area contributed by atoms with Crippen LogP contribution in [0.4, 0.5) is 0 Å². The molecule has 4 aromatic rings. The Hall–Kier alpha value is -2.80. The molecule has 5 rings (SSSR count). The summed E-state index contributed by atoms with van der Waals surface area (Å²) in [4.78, 5) is 0. The van der Waals surface area contributed by atoms with Crippen molar-refractivity contribution in [3.8, 4) is 22.6 Å². The number of halogens is 1. The molecule has 180 valence electrons. The van der Waals surface area contributed by atoms with Gasteiger partial charge in [-0.2, -0.15) is 0 Å². The van der Waals surface area contributed by atoms with Crippen LogP contribution < -0.4 is 25.4 Å². The zero-order valence-corrected chi connectivity index (χ0v) is 22.0. The van der Waals surface area contributed by atoms with Gasteiger partial charge < -0.3 is 0 Å². The zero-order chi connectivity index (χ0) is 24.3. The zero-order valence-electron chi connectivity index (χ0n) is 20.4. The van der Waals surface area contributed by atoms with E-state index in [2.05, 4.69) is 91.6 Å². The van der Waals surface area contributed by atoms with E-state index < -0.39 is 5.96 Å². The number of hydrogen-bond donors (Lipinski definition) is 0. The van der Waals surface area contributed by atoms with Gasteiger partial charge in [-0.05, 0) is 0 Å². The summed E-state index contributed by atoms with van der Waals surface area (Å²) in [5.41, 5.74) is 2.20. The molecule has 1 aliphatic rings. The topological polar surface area (TPSA) is 18.5 Å². The fourth-order valence-electron chi connectivity index (χ4n) is 5.30. The first kappa shape index (κ1) is 23.9. The molecule has 35 heavy (non-hydrogen) atoms. The minimum atomic E-state index is -3.29. The molecular formula is C31H32ClO2P. The fourth-order valence-corrected chi connectivity index (χ4v) is 10.2. The average Bonchev–Trinajstić information content (AvgIpc) is 3.43. The summed E-state index contributed by atoms with van der Waals surface area (Å²) in [6.07, 6.45) is 4.89. The molecule has 1 fully saturated rings. The Morgan fingerprint density at radius 3 is 1.89 bits per heavy atom. The van der Waals surface area contributed by atoms with E-state index in [4.69, 9.17) is 20.7 Å². The summed E-state index contributed by atoms with van der Waals surface area (Å²) >= 11 is 8.04. The van der Waals surface area contributed by atoms with E-state index >= 15 is 0 Å². The van der Waals surface area contributed by atoms with Crippen molar-refractivity contribution in [1.82, 2.24) is 0 Å². The monoisotopic (exact) mass is 502 g/mol. The summed E-state index contributed by atoms with van der Waals surface area (Å²) in [5, 5.41) is 3.44. The van der Waals surface area contributed by atoms with E-state index in [1.165, 1.54) is 12.8 Å². The molecule has 2 nitrogen and oxygen atoms in total. The summed E-state index contributed by atoms with van der Waals surface area (Å²) in [6, 6.07) is 35.9. The van der Waals surface area contributed by atoms with Crippen molar-refractivity contribution >= 4 is 33.1 Å². The predicted molar refractivity (Wildman–Crippen MR) is 152 cm³/mol. The molecule has 0 unspecified atom stereocenters. The second-order valence-electron chi connectivity index (χ2n) is 9.51. The Balaban J connectivity index is 1.71. The molecule has 0 bridgehead atoms. The van der Waals surface area contributed by atoms with Crippen molar-refractivity contribution in [2.45, 2.75) is 31.8 Å². The molecule has 0 aromatic heterocycles. The summed E-state index contributed by atoms with van der Waals surface area (Å²) in [6.45, 7) is 2.25. The molecule has 0 atom stereocenters. The third-order valence-electron chi connectivity index (χ3n) is 7.29. The second-order valence-corrected chi connectivity index (χ2v) is 16.4. The van der Waals surface area contributed by atoms with Crippen molar-refractivity contribution in [2.24, 2.45) is 0 Å². The fraction of sp³-hybridized carbons (Fsp3) is 0.226. The predicted octanol–water partition coefficient (Wildman–Crippen LogP) is 7.30. The van der Waals surface area contributed by atoms with E-state index in [0.717, 1.165) is 51.4 Å². The molecule has 0 N–H and O–H groups in total. The number of ether oxygens (including phenoxy) is 2. The standard InChI is InChI=1S/C31H32ClO2P/c1-33-29-22-21-24(23-30(29)34-25-13-9-10-14-25)28-19-11-12-20-31(28)35(2,32,26-15-5-3-6-16-26)27-17-7-4-8-18-27/h3-8,11-12,15-23,25H,9-10,13-14H2,1-2H3. The van der Waals surface area contributed by atoms with Crippen molar-refractivity contribution in [2.75, 3.05) is 13.8 Å². The second kappa shape index (κ2) is 9.69. The van der Waals surface area contributed by atoms with Gasteiger partial charge in [0.2, 0.25) is 0 Å². The van der Waals surface area contributed by atoms with E-state index in [0.29, 0.717) is 0 Å². The normalized spacial score (nSPS) is 15.3. The van der Waals surface area contributed by atoms with Crippen LogP contribution in [0, 0.1) is 0 Å². The Kier molecular flexibility index (Phi) is 6.62. The van der Waals surface area contributed by atoms with Gasteiger partial charge >= 0.3 is 214 Å². The molecule has 0 heterocycles. The molecule has 0 spiro atoms. The van der Waals surface area contributed by atoms with E-state index in [1.54, 1.807) is 7.11 Å². The maximum atomic E-state index is 8.04. The van der Waals surface area contributed by atoms with Gasteiger partial charge in [0.1, 0.15) is 0 Å². The molecule has 0 aliphatic heterocycles. The van der Waals surface area contributed by atoms with Crippen LogP contribution in [0.1, 0.15) is 25.7 Å². The van der Waals surface area contributed by atoms with Crippen LogP contribution in [-0.4, -0.2) is 19.9 Å². The number of methoxy groups -OCH3 is 1. The molecule has 4 heteroatoms. The van der Waals surface area contributed by atoms with E-state index in [9.17, 15) is 0 Å². The van der Waals surface area contributed by atoms with Crippen molar-refractivity contribution in [3.63, 3.8) is 0 Å². The van der Waals surface area contributed by atoms with Crippen molar-refractivity contribution in [3.05, 3.63) is 103 Å². The number of rotatable bonds is 7. The van der Waals surface area contributed by atoms with Crippen LogP contribution >= 0.6 is 17.2 Å². The first-order valence-electron chi connectivity index (χ1n) is 12.3. The van der Waals surface area contributed by atoms with Crippen LogP contribution in [0.5, 0.6) is 11.5 Å².